The molecule has 0 radical (unpaired) electrons. The SMILES string of the molecule is C=C1C2CCC3C4(C)CC(O[C@@H]5O[C@@H](CNCCN)[C@@H](OS(=O)(=O)O)[C@H](OS(=O)(=O)O)C5O)CC(C(=O)O)C4CCC3(C2)[C@H]1O. The summed E-state index contributed by atoms with van der Waals surface area (Å²) in [6.07, 6.45) is -6.72. The quantitative estimate of drug-likeness (QED) is 0.0633. The van der Waals surface area contributed by atoms with Gasteiger partial charge in [-0.25, -0.2) is 8.37 Å². The Morgan fingerprint density at radius 1 is 1.09 bits per heavy atom. The Hall–Kier alpha value is -1.29. The van der Waals surface area contributed by atoms with Crippen molar-refractivity contribution in [3.05, 3.63) is 12.2 Å². The maximum absolute atomic E-state index is 12.6. The maximum Gasteiger partial charge on any atom is 0.397 e. The fraction of sp³-hybridized carbons (Fsp3) is 0.889. The van der Waals surface area contributed by atoms with Crippen molar-refractivity contribution in [1.29, 1.82) is 0 Å². The largest absolute Gasteiger partial charge is 0.481 e. The molecule has 4 aliphatic carbocycles. The van der Waals surface area contributed by atoms with Gasteiger partial charge in [0.1, 0.15) is 24.4 Å². The predicted molar refractivity (Wildman–Crippen MR) is 154 cm³/mol. The number of aliphatic hydroxyl groups is 2. The molecule has 0 aromatic carbocycles. The Morgan fingerprint density at radius 3 is 2.38 bits per heavy atom. The Bertz CT molecular complexity index is 1360. The average Bonchev–Trinajstić information content (AvgIpc) is 3.10. The number of aliphatic carboxylic acids is 1. The van der Waals surface area contributed by atoms with Crippen LogP contribution in [0.3, 0.4) is 0 Å². The second-order valence-electron chi connectivity index (χ2n) is 13.5. The highest BCUT2D eigenvalue weighted by Gasteiger charge is 2.67. The van der Waals surface area contributed by atoms with Gasteiger partial charge in [-0.3, -0.25) is 13.9 Å². The smallest absolute Gasteiger partial charge is 0.397 e. The monoisotopic (exact) mass is 684 g/mol. The summed E-state index contributed by atoms with van der Waals surface area (Å²) in [4.78, 5) is 12.6. The van der Waals surface area contributed by atoms with Crippen LogP contribution < -0.4 is 11.1 Å². The van der Waals surface area contributed by atoms with E-state index in [4.69, 9.17) is 15.2 Å². The molecule has 18 heteroatoms. The molecule has 0 aromatic rings. The van der Waals surface area contributed by atoms with Crippen molar-refractivity contribution in [2.75, 3.05) is 19.6 Å². The van der Waals surface area contributed by atoms with Gasteiger partial charge in [0.25, 0.3) is 0 Å². The van der Waals surface area contributed by atoms with Crippen LogP contribution in [0.4, 0.5) is 0 Å². The summed E-state index contributed by atoms with van der Waals surface area (Å²) in [5.41, 5.74) is 5.32. The summed E-state index contributed by atoms with van der Waals surface area (Å²) in [6, 6.07) is 0. The third kappa shape index (κ3) is 6.71. The van der Waals surface area contributed by atoms with E-state index >= 15 is 0 Å². The summed E-state index contributed by atoms with van der Waals surface area (Å²) in [5.74, 6) is -1.86. The van der Waals surface area contributed by atoms with E-state index < -0.39 is 86.4 Å². The lowest BCUT2D eigenvalue weighted by Crippen LogP contribution is -2.64. The zero-order chi connectivity index (χ0) is 33.1. The first kappa shape index (κ1) is 35.0. The van der Waals surface area contributed by atoms with Crippen molar-refractivity contribution < 1.29 is 63.9 Å². The summed E-state index contributed by atoms with van der Waals surface area (Å²) >= 11 is 0. The van der Waals surface area contributed by atoms with Gasteiger partial charge in [0.05, 0.1) is 18.1 Å². The number of nitrogens with two attached hydrogens (primary N) is 1. The maximum atomic E-state index is 12.6. The van der Waals surface area contributed by atoms with E-state index in [9.17, 15) is 46.1 Å². The van der Waals surface area contributed by atoms with E-state index in [2.05, 4.69) is 20.3 Å². The third-order valence-electron chi connectivity index (χ3n) is 11.2. The minimum Gasteiger partial charge on any atom is -0.481 e. The number of fused-ring (bicyclic) bond motifs is 3. The zero-order valence-electron chi connectivity index (χ0n) is 24.9. The van der Waals surface area contributed by atoms with Crippen LogP contribution in [0, 0.1) is 34.5 Å². The first-order valence-corrected chi connectivity index (χ1v) is 17.9. The number of hydrogen-bond acceptors (Lipinski definition) is 13. The molecular formula is C27H44N2O14S2. The Morgan fingerprint density at radius 2 is 1.76 bits per heavy atom. The topological polar surface area (TPSA) is 261 Å². The standard InChI is InChI=1S/C27H44N2O14S2/c1-13-14-3-4-19-26(2)11-15(9-16(24(32)33)17(26)5-6-27(19,10-14)23(13)31)40-25-20(30)22(43-45(37,38)39)21(42-44(34,35)36)18(41-25)12-29-8-7-28/h14-23,25,29-31H,1,3-12,28H2,2H3,(H,32,33)(H,34,35,36)(H,37,38,39)/t14?,15?,16?,17?,18-,19?,20?,21+,22+,23-,25+,26?,27?/m0/s1. The second kappa shape index (κ2) is 12.6. The molecule has 45 heavy (non-hydrogen) atoms. The lowest BCUT2D eigenvalue weighted by atomic mass is 9.43. The molecular weight excluding hydrogens is 640 g/mol. The van der Waals surface area contributed by atoms with Crippen LogP contribution in [-0.4, -0.2) is 110 Å². The highest BCUT2D eigenvalue weighted by Crippen LogP contribution is 2.70. The van der Waals surface area contributed by atoms with Crippen molar-refractivity contribution in [3.63, 3.8) is 0 Å². The van der Waals surface area contributed by atoms with E-state index in [1.54, 1.807) is 0 Å². The van der Waals surface area contributed by atoms with Gasteiger partial charge in [-0.2, -0.15) is 16.8 Å². The van der Waals surface area contributed by atoms with Crippen LogP contribution in [0.25, 0.3) is 0 Å². The predicted octanol–water partition coefficient (Wildman–Crippen LogP) is -0.374. The fourth-order valence-electron chi connectivity index (χ4n) is 9.55. The fourth-order valence-corrected chi connectivity index (χ4v) is 10.6. The molecule has 8 N–H and O–H groups in total. The molecule has 5 fully saturated rings. The number of aliphatic hydroxyl groups excluding tert-OH is 2. The number of nitrogens with one attached hydrogen (secondary N) is 1. The highest BCUT2D eigenvalue weighted by molar-refractivity contribution is 7.81. The molecule has 1 spiro atoms. The van der Waals surface area contributed by atoms with Crippen molar-refractivity contribution in [3.8, 4) is 0 Å². The molecule has 258 valence electrons. The molecule has 1 aliphatic heterocycles. The number of ether oxygens (including phenoxy) is 2. The normalized spacial score (nSPS) is 45.1. The molecule has 8 unspecified atom stereocenters. The Labute approximate surface area is 262 Å². The molecule has 2 bridgehead atoms. The van der Waals surface area contributed by atoms with Gasteiger partial charge in [-0.15, -0.1) is 0 Å². The van der Waals surface area contributed by atoms with E-state index in [-0.39, 0.29) is 43.8 Å². The number of carbonyl (C=O) groups is 1. The average molecular weight is 685 g/mol. The van der Waals surface area contributed by atoms with E-state index in [1.165, 1.54) is 0 Å². The molecule has 0 aromatic heterocycles. The van der Waals surface area contributed by atoms with Crippen LogP contribution in [0.1, 0.15) is 51.9 Å². The summed E-state index contributed by atoms with van der Waals surface area (Å²) in [7, 11) is -10.5. The van der Waals surface area contributed by atoms with E-state index in [0.717, 1.165) is 24.8 Å². The van der Waals surface area contributed by atoms with Crippen LogP contribution >= 0.6 is 0 Å². The summed E-state index contributed by atoms with van der Waals surface area (Å²) in [6.45, 7) is 6.34. The van der Waals surface area contributed by atoms with Crippen molar-refractivity contribution >= 4 is 26.8 Å². The van der Waals surface area contributed by atoms with Gasteiger partial charge in [0.2, 0.25) is 0 Å². The number of carboxylic acid groups (broad SMARTS) is 1. The molecule has 1 saturated heterocycles. The molecule has 0 amide bonds. The first-order valence-electron chi connectivity index (χ1n) is 15.2. The van der Waals surface area contributed by atoms with Gasteiger partial charge >= 0.3 is 26.8 Å². The first-order chi connectivity index (χ1) is 20.9. The van der Waals surface area contributed by atoms with Gasteiger partial charge in [-0.1, -0.05) is 13.5 Å². The van der Waals surface area contributed by atoms with Gasteiger partial charge < -0.3 is 35.8 Å². The van der Waals surface area contributed by atoms with Crippen LogP contribution in [0.5, 0.6) is 0 Å². The van der Waals surface area contributed by atoms with Crippen molar-refractivity contribution in [2.45, 2.75) is 94.8 Å². The number of carboxylic acids is 1. The van der Waals surface area contributed by atoms with Crippen LogP contribution in [0.15, 0.2) is 12.2 Å². The third-order valence-corrected chi connectivity index (χ3v) is 12.1. The zero-order valence-corrected chi connectivity index (χ0v) is 26.6. The molecule has 16 nitrogen and oxygen atoms in total. The molecule has 13 atom stereocenters. The van der Waals surface area contributed by atoms with E-state index in [1.807, 2.05) is 6.92 Å². The van der Waals surface area contributed by atoms with Crippen LogP contribution in [0.2, 0.25) is 0 Å². The van der Waals surface area contributed by atoms with Gasteiger partial charge in [-0.05, 0) is 73.7 Å². The van der Waals surface area contributed by atoms with Gasteiger partial charge in [0, 0.05) is 25.0 Å². The van der Waals surface area contributed by atoms with Gasteiger partial charge in [0.15, 0.2) is 6.29 Å². The summed E-state index contributed by atoms with van der Waals surface area (Å²) < 4.78 is 86.9. The second-order valence-corrected chi connectivity index (χ2v) is 15.6. The number of hydrogen-bond donors (Lipinski definition) is 7. The van der Waals surface area contributed by atoms with Crippen LogP contribution in [-0.2, 0) is 43.4 Å². The number of rotatable bonds is 11. The molecule has 4 saturated carbocycles. The minimum atomic E-state index is -5.30. The molecule has 1 heterocycles. The molecule has 5 rings (SSSR count). The lowest BCUT2D eigenvalue weighted by Gasteiger charge is -2.62. The minimum absolute atomic E-state index is 0.0314. The Balaban J connectivity index is 1.45. The lowest BCUT2D eigenvalue weighted by molar-refractivity contribution is -0.309. The van der Waals surface area contributed by atoms with Crippen molar-refractivity contribution in [2.24, 2.45) is 40.2 Å². The molecule has 5 aliphatic rings. The Kier molecular flexibility index (Phi) is 9.83. The highest BCUT2D eigenvalue weighted by atomic mass is 32.3. The van der Waals surface area contributed by atoms with E-state index in [0.29, 0.717) is 19.3 Å². The summed E-state index contributed by atoms with van der Waals surface area (Å²) in [5, 5.41) is 35.7. The van der Waals surface area contributed by atoms with Crippen molar-refractivity contribution in [1.82, 2.24) is 5.32 Å².